The van der Waals surface area contributed by atoms with E-state index >= 15 is 0 Å². The van der Waals surface area contributed by atoms with Gasteiger partial charge in [-0.05, 0) is 31.2 Å². The molecule has 1 aliphatic heterocycles. The first-order valence-corrected chi connectivity index (χ1v) is 9.07. The maximum absolute atomic E-state index is 12.8. The summed E-state index contributed by atoms with van der Waals surface area (Å²) in [6.45, 7) is 1.60. The van der Waals surface area contributed by atoms with Crippen LogP contribution in [-0.2, 0) is 14.3 Å². The average Bonchev–Trinajstić information content (AvgIpc) is 2.76. The Kier molecular flexibility index (Phi) is 6.28. The van der Waals surface area contributed by atoms with Gasteiger partial charge in [0.1, 0.15) is 11.3 Å². The van der Waals surface area contributed by atoms with E-state index in [-0.39, 0.29) is 23.9 Å². The zero-order valence-electron chi connectivity index (χ0n) is 16.1. The highest BCUT2D eigenvalue weighted by molar-refractivity contribution is 6.00. The molecule has 9 nitrogen and oxygen atoms in total. The lowest BCUT2D eigenvalue weighted by Crippen LogP contribution is -2.51. The van der Waals surface area contributed by atoms with Crippen LogP contribution in [0.4, 0.5) is 5.69 Å². The number of likely N-dealkylation sites (N-methyl/N-ethyl adjacent to an activating group) is 1. The molecular weight excluding hydrogens is 378 g/mol. The fourth-order valence-electron chi connectivity index (χ4n) is 2.85. The number of amides is 2. The molecule has 0 saturated heterocycles. The van der Waals surface area contributed by atoms with Gasteiger partial charge in [-0.2, -0.15) is 0 Å². The summed E-state index contributed by atoms with van der Waals surface area (Å²) in [6, 6.07) is 9.94. The molecule has 29 heavy (non-hydrogen) atoms. The number of nitrogens with zero attached hydrogens (tertiary/aromatic N) is 2. The normalized spacial score (nSPS) is 15.0. The van der Waals surface area contributed by atoms with E-state index in [9.17, 15) is 14.4 Å². The number of pyridine rings is 1. The van der Waals surface area contributed by atoms with Crippen molar-refractivity contribution >= 4 is 23.5 Å². The first-order chi connectivity index (χ1) is 14.0. The van der Waals surface area contributed by atoms with Crippen molar-refractivity contribution in [1.29, 1.82) is 0 Å². The number of anilines is 1. The van der Waals surface area contributed by atoms with Gasteiger partial charge in [0.2, 0.25) is 5.88 Å². The maximum Gasteiger partial charge on any atom is 0.344 e. The Bertz CT molecular complexity index is 917. The first kappa shape index (κ1) is 20.1. The molecule has 1 aromatic heterocycles. The van der Waals surface area contributed by atoms with E-state index < -0.39 is 24.6 Å². The van der Waals surface area contributed by atoms with Crippen LogP contribution in [0.15, 0.2) is 42.6 Å². The predicted octanol–water partition coefficient (Wildman–Crippen LogP) is 1.18. The van der Waals surface area contributed by atoms with Crippen LogP contribution < -0.4 is 19.7 Å². The number of aromatic nitrogens is 1. The fourth-order valence-corrected chi connectivity index (χ4v) is 2.85. The van der Waals surface area contributed by atoms with E-state index in [0.29, 0.717) is 18.0 Å². The van der Waals surface area contributed by atoms with E-state index in [1.807, 2.05) is 0 Å². The van der Waals surface area contributed by atoms with Crippen molar-refractivity contribution in [2.45, 2.75) is 13.0 Å². The summed E-state index contributed by atoms with van der Waals surface area (Å²) in [4.78, 5) is 42.6. The molecule has 3 rings (SSSR count). The third-order valence-corrected chi connectivity index (χ3v) is 4.21. The molecule has 0 bridgehead atoms. The van der Waals surface area contributed by atoms with Crippen LogP contribution in [0.1, 0.15) is 17.3 Å². The van der Waals surface area contributed by atoms with Gasteiger partial charge in [0, 0.05) is 13.2 Å². The molecule has 1 aromatic carbocycles. The van der Waals surface area contributed by atoms with Crippen molar-refractivity contribution in [3.63, 3.8) is 0 Å². The summed E-state index contributed by atoms with van der Waals surface area (Å²) in [7, 11) is 1.49. The van der Waals surface area contributed by atoms with Crippen LogP contribution in [-0.4, -0.2) is 55.7 Å². The Hall–Kier alpha value is -3.62. The van der Waals surface area contributed by atoms with Gasteiger partial charge in [-0.1, -0.05) is 12.1 Å². The number of para-hydroxylation sites is 2. The number of fused-ring (bicyclic) bond motifs is 1. The van der Waals surface area contributed by atoms with Crippen LogP contribution in [0.2, 0.25) is 0 Å². The molecule has 1 aliphatic rings. The van der Waals surface area contributed by atoms with E-state index in [1.54, 1.807) is 37.3 Å². The lowest BCUT2D eigenvalue weighted by atomic mass is 10.1. The lowest BCUT2D eigenvalue weighted by molar-refractivity contribution is -0.128. The smallest absolute Gasteiger partial charge is 0.344 e. The van der Waals surface area contributed by atoms with Crippen molar-refractivity contribution in [3.8, 4) is 11.6 Å². The molecule has 152 valence electrons. The highest BCUT2D eigenvalue weighted by atomic mass is 16.5. The Morgan fingerprint density at radius 2 is 2.03 bits per heavy atom. The van der Waals surface area contributed by atoms with Crippen molar-refractivity contribution in [1.82, 2.24) is 10.3 Å². The van der Waals surface area contributed by atoms with E-state index in [1.165, 1.54) is 24.2 Å². The fraction of sp³-hybridized carbons (Fsp3) is 0.300. The number of benzene rings is 1. The number of hydrogen-bond acceptors (Lipinski definition) is 7. The van der Waals surface area contributed by atoms with Gasteiger partial charge in [0.15, 0.2) is 12.7 Å². The second kappa shape index (κ2) is 9.05. The highest BCUT2D eigenvalue weighted by Crippen LogP contribution is 2.33. The van der Waals surface area contributed by atoms with Crippen molar-refractivity contribution < 1.29 is 28.6 Å². The zero-order valence-corrected chi connectivity index (χ0v) is 16.1. The molecule has 2 aromatic rings. The topological polar surface area (TPSA) is 107 Å². The predicted molar refractivity (Wildman–Crippen MR) is 103 cm³/mol. The Morgan fingerprint density at radius 3 is 2.79 bits per heavy atom. The van der Waals surface area contributed by atoms with Gasteiger partial charge in [-0.25, -0.2) is 9.78 Å². The molecule has 0 aliphatic carbocycles. The van der Waals surface area contributed by atoms with Gasteiger partial charge in [-0.3, -0.25) is 9.59 Å². The SMILES string of the molecule is CCOc1ncccc1C(=O)OCC(=O)N1CC(C(=O)NC)Oc2ccccc21. The number of carbonyl (C=O) groups is 3. The average molecular weight is 399 g/mol. The minimum atomic E-state index is -0.863. The van der Waals surface area contributed by atoms with Gasteiger partial charge in [0.05, 0.1) is 18.8 Å². The lowest BCUT2D eigenvalue weighted by Gasteiger charge is -2.33. The molecule has 1 unspecified atom stereocenters. The van der Waals surface area contributed by atoms with E-state index in [4.69, 9.17) is 14.2 Å². The molecule has 1 N–H and O–H groups in total. The molecule has 0 fully saturated rings. The maximum atomic E-state index is 12.8. The molecule has 0 saturated carbocycles. The minimum absolute atomic E-state index is 0.00413. The number of hydrogen-bond donors (Lipinski definition) is 1. The van der Waals surface area contributed by atoms with Gasteiger partial charge >= 0.3 is 5.97 Å². The monoisotopic (exact) mass is 399 g/mol. The summed E-state index contributed by atoms with van der Waals surface area (Å²) in [5.41, 5.74) is 0.637. The molecule has 0 radical (unpaired) electrons. The van der Waals surface area contributed by atoms with Crippen LogP contribution in [0.5, 0.6) is 11.6 Å². The van der Waals surface area contributed by atoms with Gasteiger partial charge in [-0.15, -0.1) is 0 Å². The standard InChI is InChI=1S/C20H21N3O6/c1-3-27-19-13(7-6-10-22-19)20(26)28-12-17(24)23-11-16(18(25)21-2)29-15-9-5-4-8-14(15)23/h4-10,16H,3,11-12H2,1-2H3,(H,21,25). The number of nitrogens with one attached hydrogen (secondary N) is 1. The second-order valence-corrected chi connectivity index (χ2v) is 6.06. The molecule has 2 heterocycles. The summed E-state index contributed by atoms with van der Waals surface area (Å²) >= 11 is 0. The van der Waals surface area contributed by atoms with Crippen LogP contribution in [0.3, 0.4) is 0 Å². The van der Waals surface area contributed by atoms with Crippen molar-refractivity contribution in [2.24, 2.45) is 0 Å². The second-order valence-electron chi connectivity index (χ2n) is 6.06. The molecule has 1 atom stereocenters. The minimum Gasteiger partial charge on any atom is -0.477 e. The highest BCUT2D eigenvalue weighted by Gasteiger charge is 2.33. The molecule has 0 spiro atoms. The summed E-state index contributed by atoms with van der Waals surface area (Å²) in [5.74, 6) is -1.02. The number of esters is 1. The summed E-state index contributed by atoms with van der Waals surface area (Å²) in [5, 5.41) is 2.51. The Labute approximate surface area is 167 Å². The number of ether oxygens (including phenoxy) is 3. The van der Waals surface area contributed by atoms with Gasteiger partial charge in [0.25, 0.3) is 11.8 Å². The third kappa shape index (κ3) is 4.45. The van der Waals surface area contributed by atoms with Crippen molar-refractivity contribution in [2.75, 3.05) is 31.7 Å². The summed E-state index contributed by atoms with van der Waals surface area (Å²) in [6.07, 6.45) is 0.633. The Balaban J connectivity index is 1.73. The molecule has 2 amide bonds. The largest absolute Gasteiger partial charge is 0.477 e. The van der Waals surface area contributed by atoms with Crippen LogP contribution >= 0.6 is 0 Å². The third-order valence-electron chi connectivity index (χ3n) is 4.21. The van der Waals surface area contributed by atoms with Crippen molar-refractivity contribution in [3.05, 3.63) is 48.2 Å². The quantitative estimate of drug-likeness (QED) is 0.727. The Morgan fingerprint density at radius 1 is 1.24 bits per heavy atom. The summed E-state index contributed by atoms with van der Waals surface area (Å²) < 4.78 is 16.2. The molecule has 9 heteroatoms. The first-order valence-electron chi connectivity index (χ1n) is 9.07. The van der Waals surface area contributed by atoms with Crippen LogP contribution in [0, 0.1) is 0 Å². The van der Waals surface area contributed by atoms with E-state index in [2.05, 4.69) is 10.3 Å². The number of carbonyl (C=O) groups excluding carboxylic acids is 3. The van der Waals surface area contributed by atoms with E-state index in [0.717, 1.165) is 0 Å². The zero-order chi connectivity index (χ0) is 20.8. The van der Waals surface area contributed by atoms with Gasteiger partial charge < -0.3 is 24.4 Å². The van der Waals surface area contributed by atoms with Crippen LogP contribution in [0.25, 0.3) is 0 Å². The molecular formula is C20H21N3O6. The number of rotatable bonds is 6.